The fourth-order valence-electron chi connectivity index (χ4n) is 5.22. The Morgan fingerprint density at radius 2 is 1.71 bits per heavy atom. The molecule has 1 atom stereocenters. The monoisotopic (exact) mass is 611 g/mol. The third kappa shape index (κ3) is 6.77. The predicted molar refractivity (Wildman–Crippen MR) is 164 cm³/mol. The van der Waals surface area contributed by atoms with Gasteiger partial charge >= 0.3 is 0 Å². The van der Waals surface area contributed by atoms with Crippen LogP contribution in [0.15, 0.2) is 54.6 Å². The van der Waals surface area contributed by atoms with E-state index in [0.717, 1.165) is 35.3 Å². The predicted octanol–water partition coefficient (Wildman–Crippen LogP) is 5.57. The van der Waals surface area contributed by atoms with Gasteiger partial charge in [0.2, 0.25) is 11.8 Å². The van der Waals surface area contributed by atoms with Crippen LogP contribution in [-0.2, 0) is 16.1 Å². The van der Waals surface area contributed by atoms with E-state index in [1.807, 2.05) is 36.9 Å². The molecule has 3 aromatic rings. The van der Waals surface area contributed by atoms with Crippen molar-refractivity contribution in [3.05, 3.63) is 81.3 Å². The van der Waals surface area contributed by atoms with E-state index in [9.17, 15) is 9.59 Å². The molecule has 222 valence electrons. The molecule has 2 amide bonds. The van der Waals surface area contributed by atoms with Gasteiger partial charge in [-0.3, -0.25) is 14.5 Å². The second-order valence-electron chi connectivity index (χ2n) is 10.6. The molecule has 0 bridgehead atoms. The highest BCUT2D eigenvalue weighted by atomic mass is 35.5. The Bertz CT molecular complexity index is 1420. The van der Waals surface area contributed by atoms with Crippen LogP contribution >= 0.6 is 23.2 Å². The van der Waals surface area contributed by atoms with Gasteiger partial charge in [-0.05, 0) is 85.8 Å². The lowest BCUT2D eigenvalue weighted by Gasteiger charge is -2.38. The molecule has 42 heavy (non-hydrogen) atoms. The molecule has 2 fully saturated rings. The second kappa shape index (κ2) is 13.2. The standard InChI is InChI=1S/C32H35Cl2N3O5/c1-20-15-26(33)31(27(34)16-20)42-14-13-41-25-11-9-24(10-12-25)37-28(17-35-18-30(37)38)32(39)36(23-7-8-23)19-22-5-4-6-29(40-3)21(22)2/h4-6,9-12,15-16,23,28,35H,7-8,13-14,17-19H2,1-3H3/t28-/m1/s1. The zero-order valence-electron chi connectivity index (χ0n) is 24.0. The average molecular weight is 613 g/mol. The van der Waals surface area contributed by atoms with Crippen molar-refractivity contribution < 1.29 is 23.8 Å². The van der Waals surface area contributed by atoms with Crippen molar-refractivity contribution in [2.24, 2.45) is 0 Å². The van der Waals surface area contributed by atoms with Crippen LogP contribution in [0.2, 0.25) is 10.0 Å². The number of piperazine rings is 1. The van der Waals surface area contributed by atoms with Crippen LogP contribution in [0.5, 0.6) is 17.2 Å². The fourth-order valence-corrected chi connectivity index (χ4v) is 5.92. The first-order chi connectivity index (χ1) is 20.3. The maximum absolute atomic E-state index is 14.0. The highest BCUT2D eigenvalue weighted by molar-refractivity contribution is 6.37. The van der Waals surface area contributed by atoms with Crippen LogP contribution in [0.4, 0.5) is 5.69 Å². The molecule has 0 aromatic heterocycles. The molecule has 1 saturated carbocycles. The van der Waals surface area contributed by atoms with Gasteiger partial charge in [-0.25, -0.2) is 0 Å². The Hall–Kier alpha value is -3.46. The number of amides is 2. The Morgan fingerprint density at radius 3 is 2.38 bits per heavy atom. The summed E-state index contributed by atoms with van der Waals surface area (Å²) in [7, 11) is 1.65. The minimum absolute atomic E-state index is 0.0637. The molecule has 1 N–H and O–H groups in total. The first-order valence-corrected chi connectivity index (χ1v) is 14.8. The summed E-state index contributed by atoms with van der Waals surface area (Å²) >= 11 is 12.5. The zero-order valence-corrected chi connectivity index (χ0v) is 25.5. The van der Waals surface area contributed by atoms with Gasteiger partial charge in [0.25, 0.3) is 0 Å². The highest BCUT2D eigenvalue weighted by Gasteiger charge is 2.41. The second-order valence-corrected chi connectivity index (χ2v) is 11.4. The van der Waals surface area contributed by atoms with E-state index in [4.69, 9.17) is 37.4 Å². The van der Waals surface area contributed by atoms with Gasteiger partial charge in [0, 0.05) is 24.8 Å². The Morgan fingerprint density at radius 1 is 1.02 bits per heavy atom. The summed E-state index contributed by atoms with van der Waals surface area (Å²) in [5.41, 5.74) is 3.65. The summed E-state index contributed by atoms with van der Waals surface area (Å²) in [6.07, 6.45) is 1.92. The molecule has 10 heteroatoms. The molecule has 0 unspecified atom stereocenters. The van der Waals surface area contributed by atoms with Crippen molar-refractivity contribution >= 4 is 40.7 Å². The molecule has 1 aliphatic carbocycles. The number of carbonyl (C=O) groups excluding carboxylic acids is 2. The minimum atomic E-state index is -0.651. The summed E-state index contributed by atoms with van der Waals surface area (Å²) in [5, 5.41) is 4.03. The molecule has 1 aliphatic heterocycles. The van der Waals surface area contributed by atoms with Crippen LogP contribution in [0.25, 0.3) is 0 Å². The first-order valence-electron chi connectivity index (χ1n) is 14.0. The Labute approximate surface area is 256 Å². The Balaban J connectivity index is 1.25. The molecule has 1 heterocycles. The number of aryl methyl sites for hydroxylation is 1. The maximum atomic E-state index is 14.0. The lowest BCUT2D eigenvalue weighted by molar-refractivity contribution is -0.136. The molecule has 5 rings (SSSR count). The van der Waals surface area contributed by atoms with Gasteiger partial charge in [-0.15, -0.1) is 0 Å². The number of carbonyl (C=O) groups is 2. The number of anilines is 1. The van der Waals surface area contributed by atoms with E-state index in [0.29, 0.717) is 40.3 Å². The summed E-state index contributed by atoms with van der Waals surface area (Å²) < 4.78 is 17.1. The topological polar surface area (TPSA) is 80.3 Å². The van der Waals surface area contributed by atoms with E-state index in [2.05, 4.69) is 5.32 Å². The highest BCUT2D eigenvalue weighted by Crippen LogP contribution is 2.35. The molecule has 8 nitrogen and oxygen atoms in total. The summed E-state index contributed by atoms with van der Waals surface area (Å²) in [4.78, 5) is 30.7. The molecule has 2 aliphatic rings. The van der Waals surface area contributed by atoms with Crippen molar-refractivity contribution in [2.75, 3.05) is 38.3 Å². The number of methoxy groups -OCH3 is 1. The molecular formula is C32H35Cl2N3O5. The zero-order chi connectivity index (χ0) is 29.8. The lowest BCUT2D eigenvalue weighted by Crippen LogP contribution is -2.61. The number of ether oxygens (including phenoxy) is 3. The van der Waals surface area contributed by atoms with Crippen molar-refractivity contribution in [3.8, 4) is 17.2 Å². The van der Waals surface area contributed by atoms with Crippen LogP contribution in [0, 0.1) is 13.8 Å². The van der Waals surface area contributed by atoms with Gasteiger partial charge < -0.3 is 24.4 Å². The van der Waals surface area contributed by atoms with E-state index < -0.39 is 6.04 Å². The van der Waals surface area contributed by atoms with E-state index >= 15 is 0 Å². The number of rotatable bonds is 11. The Kier molecular flexibility index (Phi) is 9.46. The third-order valence-electron chi connectivity index (χ3n) is 7.56. The lowest BCUT2D eigenvalue weighted by atomic mass is 10.1. The normalized spacial score (nSPS) is 16.7. The quantitative estimate of drug-likeness (QED) is 0.285. The molecule has 0 radical (unpaired) electrons. The molecule has 1 saturated heterocycles. The summed E-state index contributed by atoms with van der Waals surface area (Å²) in [6, 6.07) is 16.2. The van der Waals surface area contributed by atoms with Crippen LogP contribution in [0.1, 0.15) is 29.5 Å². The van der Waals surface area contributed by atoms with Gasteiger partial charge in [-0.1, -0.05) is 35.3 Å². The van der Waals surface area contributed by atoms with Crippen molar-refractivity contribution in [2.45, 2.75) is 45.3 Å². The van der Waals surface area contributed by atoms with Gasteiger partial charge in [0.15, 0.2) is 5.75 Å². The van der Waals surface area contributed by atoms with Gasteiger partial charge in [0.1, 0.15) is 30.8 Å². The number of hydrogen-bond donors (Lipinski definition) is 1. The van der Waals surface area contributed by atoms with Gasteiger partial charge in [0.05, 0.1) is 23.7 Å². The average Bonchev–Trinajstić information content (AvgIpc) is 3.81. The smallest absolute Gasteiger partial charge is 0.247 e. The summed E-state index contributed by atoms with van der Waals surface area (Å²) in [6.45, 7) is 5.46. The largest absolute Gasteiger partial charge is 0.496 e. The maximum Gasteiger partial charge on any atom is 0.247 e. The first kappa shape index (κ1) is 30.0. The van der Waals surface area contributed by atoms with E-state index in [-0.39, 0.29) is 37.6 Å². The number of halogens is 2. The summed E-state index contributed by atoms with van der Waals surface area (Å²) in [5.74, 6) is 1.62. The van der Waals surface area contributed by atoms with E-state index in [1.54, 1.807) is 48.4 Å². The van der Waals surface area contributed by atoms with Crippen LogP contribution in [-0.4, -0.2) is 62.2 Å². The molecular weight excluding hydrogens is 577 g/mol. The number of benzene rings is 3. The SMILES string of the molecule is COc1cccc(CN(C(=O)[C@H]2CNCC(=O)N2c2ccc(OCCOc3c(Cl)cc(C)cc3Cl)cc2)C2CC2)c1C. The van der Waals surface area contributed by atoms with E-state index in [1.165, 1.54) is 0 Å². The van der Waals surface area contributed by atoms with Gasteiger partial charge in [-0.2, -0.15) is 0 Å². The molecule has 3 aromatic carbocycles. The van der Waals surface area contributed by atoms with Crippen LogP contribution < -0.4 is 24.4 Å². The third-order valence-corrected chi connectivity index (χ3v) is 8.12. The van der Waals surface area contributed by atoms with Crippen molar-refractivity contribution in [3.63, 3.8) is 0 Å². The van der Waals surface area contributed by atoms with Crippen molar-refractivity contribution in [1.82, 2.24) is 10.2 Å². The fraction of sp³-hybridized carbons (Fsp3) is 0.375. The minimum Gasteiger partial charge on any atom is -0.496 e. The van der Waals surface area contributed by atoms with Crippen LogP contribution in [0.3, 0.4) is 0 Å². The number of nitrogens with zero attached hydrogens (tertiary/aromatic N) is 2. The molecule has 0 spiro atoms. The van der Waals surface area contributed by atoms with Crippen molar-refractivity contribution in [1.29, 1.82) is 0 Å². The number of nitrogens with one attached hydrogen (secondary N) is 1. The number of hydrogen-bond acceptors (Lipinski definition) is 6.